The highest BCUT2D eigenvalue weighted by atomic mass is 32.1. The van der Waals surface area contributed by atoms with Crippen LogP contribution in [0.4, 0.5) is 16.3 Å². The van der Waals surface area contributed by atoms with E-state index in [1.54, 1.807) is 12.1 Å². The minimum atomic E-state index is -0.338. The highest BCUT2D eigenvalue weighted by molar-refractivity contribution is 7.80. The molecule has 0 bridgehead atoms. The average molecular weight is 259 g/mol. The largest absolute Gasteiger partial charge is 0.324 e. The summed E-state index contributed by atoms with van der Waals surface area (Å²) in [6.45, 7) is 1.87. The third-order valence-corrected chi connectivity index (χ3v) is 2.67. The number of aromatic nitrogens is 1. The van der Waals surface area contributed by atoms with Crippen molar-refractivity contribution in [1.82, 2.24) is 4.98 Å². The summed E-state index contributed by atoms with van der Waals surface area (Å²) in [5.74, 6) is 0.518. The molecule has 4 nitrogen and oxygen atoms in total. The Kier molecular flexibility index (Phi) is 3.84. The van der Waals surface area contributed by atoms with E-state index in [0.29, 0.717) is 16.4 Å². The monoisotopic (exact) mass is 259 g/mol. The van der Waals surface area contributed by atoms with Crippen molar-refractivity contribution in [3.8, 4) is 0 Å². The van der Waals surface area contributed by atoms with Crippen LogP contribution in [0.1, 0.15) is 5.69 Å². The number of thiol groups is 1. The van der Waals surface area contributed by atoms with E-state index in [0.717, 1.165) is 5.69 Å². The van der Waals surface area contributed by atoms with Crippen molar-refractivity contribution in [2.75, 3.05) is 10.6 Å². The number of hydrogen-bond donors (Lipinski definition) is 3. The van der Waals surface area contributed by atoms with Crippen molar-refractivity contribution in [2.45, 2.75) is 11.8 Å². The van der Waals surface area contributed by atoms with Gasteiger partial charge in [-0.25, -0.2) is 9.78 Å². The van der Waals surface area contributed by atoms with Crippen LogP contribution in [0.25, 0.3) is 0 Å². The molecule has 0 aliphatic carbocycles. The van der Waals surface area contributed by atoms with Gasteiger partial charge in [-0.05, 0) is 31.2 Å². The highest BCUT2D eigenvalue weighted by Crippen LogP contribution is 2.18. The summed E-state index contributed by atoms with van der Waals surface area (Å²) in [6.07, 6.45) is 0. The normalized spacial score (nSPS) is 9.89. The van der Waals surface area contributed by atoms with E-state index >= 15 is 0 Å². The van der Waals surface area contributed by atoms with Crippen molar-refractivity contribution in [2.24, 2.45) is 0 Å². The van der Waals surface area contributed by atoms with Crippen LogP contribution in [-0.4, -0.2) is 11.0 Å². The third kappa shape index (κ3) is 3.24. The topological polar surface area (TPSA) is 54.0 Å². The summed E-state index contributed by atoms with van der Waals surface area (Å²) < 4.78 is 0. The number of pyridine rings is 1. The van der Waals surface area contributed by atoms with E-state index in [9.17, 15) is 4.79 Å². The SMILES string of the molecule is Cc1cccc(NC(=O)Nc2ccccc2S)n1. The Morgan fingerprint density at radius 2 is 1.89 bits per heavy atom. The van der Waals surface area contributed by atoms with Crippen LogP contribution in [0.3, 0.4) is 0 Å². The minimum absolute atomic E-state index is 0.338. The number of anilines is 2. The van der Waals surface area contributed by atoms with Crippen LogP contribution in [0.2, 0.25) is 0 Å². The predicted octanol–water partition coefficient (Wildman–Crippen LogP) is 3.32. The zero-order valence-electron chi connectivity index (χ0n) is 9.84. The van der Waals surface area contributed by atoms with Crippen molar-refractivity contribution in [1.29, 1.82) is 0 Å². The lowest BCUT2D eigenvalue weighted by Crippen LogP contribution is -2.20. The maximum atomic E-state index is 11.7. The molecule has 0 unspecified atom stereocenters. The lowest BCUT2D eigenvalue weighted by atomic mass is 10.3. The van der Waals surface area contributed by atoms with E-state index in [4.69, 9.17) is 0 Å². The zero-order chi connectivity index (χ0) is 13.0. The molecule has 0 atom stereocenters. The fourth-order valence-corrected chi connectivity index (χ4v) is 1.68. The molecule has 1 aromatic carbocycles. The number of aryl methyl sites for hydroxylation is 1. The highest BCUT2D eigenvalue weighted by Gasteiger charge is 2.05. The number of carbonyl (C=O) groups is 1. The lowest BCUT2D eigenvalue weighted by Gasteiger charge is -2.08. The zero-order valence-corrected chi connectivity index (χ0v) is 10.7. The Bertz CT molecular complexity index is 572. The first kappa shape index (κ1) is 12.4. The van der Waals surface area contributed by atoms with Gasteiger partial charge < -0.3 is 5.32 Å². The van der Waals surface area contributed by atoms with Gasteiger partial charge in [0.2, 0.25) is 0 Å². The smallest absolute Gasteiger partial charge is 0.307 e. The summed E-state index contributed by atoms with van der Waals surface area (Å²) in [7, 11) is 0. The van der Waals surface area contributed by atoms with E-state index in [1.807, 2.05) is 37.3 Å². The van der Waals surface area contributed by atoms with Gasteiger partial charge in [-0.15, -0.1) is 12.6 Å². The number of amides is 2. The van der Waals surface area contributed by atoms with Crippen LogP contribution >= 0.6 is 12.6 Å². The molecule has 92 valence electrons. The molecule has 1 heterocycles. The second-order valence-corrected chi connectivity index (χ2v) is 4.24. The summed E-state index contributed by atoms with van der Waals surface area (Å²) in [5.41, 5.74) is 1.51. The number of benzene rings is 1. The van der Waals surface area contributed by atoms with Crippen LogP contribution in [0.15, 0.2) is 47.4 Å². The Labute approximate surface area is 111 Å². The fraction of sp³-hybridized carbons (Fsp3) is 0.0769. The molecule has 0 spiro atoms. The van der Waals surface area contributed by atoms with Gasteiger partial charge >= 0.3 is 6.03 Å². The second-order valence-electron chi connectivity index (χ2n) is 3.76. The fourth-order valence-electron chi connectivity index (χ4n) is 1.46. The maximum Gasteiger partial charge on any atom is 0.324 e. The Balaban J connectivity index is 2.03. The van der Waals surface area contributed by atoms with E-state index in [-0.39, 0.29) is 6.03 Å². The molecule has 0 saturated carbocycles. The Hall–Kier alpha value is -2.01. The molecule has 2 aromatic rings. The molecule has 1 aromatic heterocycles. The number of hydrogen-bond acceptors (Lipinski definition) is 3. The van der Waals surface area contributed by atoms with Crippen LogP contribution in [0.5, 0.6) is 0 Å². The van der Waals surface area contributed by atoms with Gasteiger partial charge in [0, 0.05) is 10.6 Å². The molecule has 0 aliphatic heterocycles. The summed E-state index contributed by atoms with van der Waals surface area (Å²) in [4.78, 5) is 16.6. The molecular weight excluding hydrogens is 246 g/mol. The third-order valence-electron chi connectivity index (χ3n) is 2.28. The molecule has 2 N–H and O–H groups in total. The first-order chi connectivity index (χ1) is 8.65. The van der Waals surface area contributed by atoms with Gasteiger partial charge in [0.05, 0.1) is 5.69 Å². The number of para-hydroxylation sites is 1. The van der Waals surface area contributed by atoms with E-state index in [2.05, 4.69) is 28.2 Å². The molecule has 0 saturated heterocycles. The van der Waals surface area contributed by atoms with Gasteiger partial charge in [-0.1, -0.05) is 18.2 Å². The number of nitrogens with one attached hydrogen (secondary N) is 2. The number of carbonyl (C=O) groups excluding carboxylic acids is 1. The van der Waals surface area contributed by atoms with Gasteiger partial charge in [0.1, 0.15) is 5.82 Å². The molecule has 0 aliphatic rings. The standard InChI is InChI=1S/C13H13N3OS/c1-9-5-4-8-12(14-9)16-13(17)15-10-6-2-3-7-11(10)18/h2-8,18H,1H3,(H2,14,15,16,17). The molecule has 0 fully saturated rings. The van der Waals surface area contributed by atoms with Crippen LogP contribution in [-0.2, 0) is 0 Å². The number of rotatable bonds is 2. The van der Waals surface area contributed by atoms with Gasteiger partial charge in [0.25, 0.3) is 0 Å². The van der Waals surface area contributed by atoms with E-state index < -0.39 is 0 Å². The maximum absolute atomic E-state index is 11.7. The van der Waals surface area contributed by atoms with Gasteiger partial charge in [-0.2, -0.15) is 0 Å². The molecule has 0 radical (unpaired) electrons. The first-order valence-electron chi connectivity index (χ1n) is 5.45. The number of urea groups is 1. The molecule has 18 heavy (non-hydrogen) atoms. The lowest BCUT2D eigenvalue weighted by molar-refractivity contribution is 0.262. The second kappa shape index (κ2) is 5.55. The average Bonchev–Trinajstić information content (AvgIpc) is 2.32. The molecular formula is C13H13N3OS. The Morgan fingerprint density at radius 1 is 1.11 bits per heavy atom. The van der Waals surface area contributed by atoms with Gasteiger partial charge in [0.15, 0.2) is 0 Å². The van der Waals surface area contributed by atoms with Gasteiger partial charge in [-0.3, -0.25) is 5.32 Å². The van der Waals surface area contributed by atoms with Crippen molar-refractivity contribution in [3.05, 3.63) is 48.2 Å². The van der Waals surface area contributed by atoms with Crippen molar-refractivity contribution in [3.63, 3.8) is 0 Å². The minimum Gasteiger partial charge on any atom is -0.307 e. The van der Waals surface area contributed by atoms with Crippen molar-refractivity contribution < 1.29 is 4.79 Å². The first-order valence-corrected chi connectivity index (χ1v) is 5.89. The van der Waals surface area contributed by atoms with E-state index in [1.165, 1.54) is 0 Å². The molecule has 5 heteroatoms. The number of nitrogens with zero attached hydrogens (tertiary/aromatic N) is 1. The predicted molar refractivity (Wildman–Crippen MR) is 75.3 cm³/mol. The Morgan fingerprint density at radius 3 is 2.61 bits per heavy atom. The van der Waals surface area contributed by atoms with Crippen molar-refractivity contribution >= 4 is 30.2 Å². The summed E-state index contributed by atoms with van der Waals surface area (Å²) in [5, 5.41) is 5.38. The quantitative estimate of drug-likeness (QED) is 0.725. The summed E-state index contributed by atoms with van der Waals surface area (Å²) >= 11 is 4.26. The molecule has 2 rings (SSSR count). The molecule has 2 amide bonds. The van der Waals surface area contributed by atoms with Crippen LogP contribution in [0, 0.1) is 6.92 Å². The van der Waals surface area contributed by atoms with Crippen LogP contribution < -0.4 is 10.6 Å². The summed E-state index contributed by atoms with van der Waals surface area (Å²) in [6, 6.07) is 12.4.